The molecular formula is C23H27Cl3N4O. The molecule has 5 nitrogen and oxygen atoms in total. The van der Waals surface area contributed by atoms with Crippen LogP contribution >= 0.6 is 36.4 Å². The van der Waals surface area contributed by atoms with Gasteiger partial charge in [-0.1, -0.05) is 29.8 Å². The van der Waals surface area contributed by atoms with Gasteiger partial charge in [-0.05, 0) is 67.7 Å². The van der Waals surface area contributed by atoms with E-state index in [0.29, 0.717) is 22.9 Å². The Morgan fingerprint density at radius 1 is 1.03 bits per heavy atom. The number of nitrogens with one attached hydrogen (secondary N) is 1. The van der Waals surface area contributed by atoms with Crippen LogP contribution in [0.2, 0.25) is 5.02 Å². The molecule has 1 aliphatic carbocycles. The number of nitrogens with two attached hydrogens (primary N) is 1. The molecule has 2 aromatic carbocycles. The van der Waals surface area contributed by atoms with Gasteiger partial charge in [0.25, 0.3) is 0 Å². The first-order chi connectivity index (χ1) is 14.1. The van der Waals surface area contributed by atoms with Gasteiger partial charge in [-0.15, -0.1) is 24.8 Å². The van der Waals surface area contributed by atoms with Crippen LogP contribution in [0, 0.1) is 0 Å². The minimum atomic E-state index is 0. The van der Waals surface area contributed by atoms with E-state index >= 15 is 0 Å². The Morgan fingerprint density at radius 3 is 2.48 bits per heavy atom. The molecule has 166 valence electrons. The van der Waals surface area contributed by atoms with Gasteiger partial charge in [0.15, 0.2) is 5.82 Å². The molecule has 0 unspecified atom stereocenters. The van der Waals surface area contributed by atoms with Gasteiger partial charge in [-0.3, -0.25) is 0 Å². The summed E-state index contributed by atoms with van der Waals surface area (Å²) >= 11 is 6.26. The lowest BCUT2D eigenvalue weighted by molar-refractivity contribution is 0.410. The zero-order chi connectivity index (χ0) is 20.2. The summed E-state index contributed by atoms with van der Waals surface area (Å²) in [5, 5.41) is 5.28. The molecule has 0 atom stereocenters. The number of hydrogen-bond donors (Lipinski definition) is 2. The summed E-state index contributed by atoms with van der Waals surface area (Å²) in [6.07, 6.45) is 7.98. The topological polar surface area (TPSA) is 73.1 Å². The number of nitrogens with zero attached hydrogens (tertiary/aromatic N) is 2. The minimum Gasteiger partial charge on any atom is -0.497 e. The van der Waals surface area contributed by atoms with Crippen molar-refractivity contribution in [1.82, 2.24) is 9.97 Å². The van der Waals surface area contributed by atoms with Crippen molar-refractivity contribution in [2.45, 2.75) is 37.8 Å². The molecule has 3 N–H and O–H groups in total. The van der Waals surface area contributed by atoms with Crippen molar-refractivity contribution in [3.8, 4) is 5.75 Å². The number of rotatable bonds is 5. The summed E-state index contributed by atoms with van der Waals surface area (Å²) in [6.45, 7) is 0. The average Bonchev–Trinajstić information content (AvgIpc) is 2.74. The molecule has 1 aliphatic rings. The van der Waals surface area contributed by atoms with E-state index in [-0.39, 0.29) is 24.8 Å². The zero-order valence-corrected chi connectivity index (χ0v) is 19.6. The molecule has 31 heavy (non-hydrogen) atoms. The van der Waals surface area contributed by atoms with Crippen LogP contribution in [0.15, 0.2) is 42.5 Å². The van der Waals surface area contributed by atoms with E-state index in [0.717, 1.165) is 53.7 Å². The second-order valence-electron chi connectivity index (χ2n) is 7.42. The van der Waals surface area contributed by atoms with Crippen LogP contribution in [0.1, 0.15) is 37.1 Å². The van der Waals surface area contributed by atoms with Gasteiger partial charge in [-0.2, -0.15) is 0 Å². The molecule has 3 aromatic rings. The van der Waals surface area contributed by atoms with E-state index in [9.17, 15) is 0 Å². The van der Waals surface area contributed by atoms with E-state index in [1.165, 1.54) is 0 Å². The second-order valence-corrected chi connectivity index (χ2v) is 7.83. The van der Waals surface area contributed by atoms with Crippen molar-refractivity contribution >= 4 is 65.3 Å². The Hall–Kier alpha value is -2.05. The smallest absolute Gasteiger partial charge is 0.154 e. The van der Waals surface area contributed by atoms with E-state index in [2.05, 4.69) is 5.32 Å². The molecule has 8 heteroatoms. The van der Waals surface area contributed by atoms with E-state index in [1.807, 2.05) is 54.6 Å². The highest BCUT2D eigenvalue weighted by atomic mass is 35.5. The van der Waals surface area contributed by atoms with E-state index in [4.69, 9.17) is 32.0 Å². The highest BCUT2D eigenvalue weighted by Gasteiger charge is 2.20. The van der Waals surface area contributed by atoms with Gasteiger partial charge in [0.2, 0.25) is 0 Å². The first kappa shape index (κ1) is 25.2. The number of benzene rings is 2. The third kappa shape index (κ3) is 6.23. The molecule has 0 bridgehead atoms. The van der Waals surface area contributed by atoms with Crippen LogP contribution in [0.5, 0.6) is 5.75 Å². The summed E-state index contributed by atoms with van der Waals surface area (Å²) in [5.41, 5.74) is 7.86. The Bertz CT molecular complexity index is 1040. The van der Waals surface area contributed by atoms with Crippen LogP contribution in [0.3, 0.4) is 0 Å². The van der Waals surface area contributed by atoms with Gasteiger partial charge in [0.1, 0.15) is 11.6 Å². The zero-order valence-electron chi connectivity index (χ0n) is 17.3. The average molecular weight is 482 g/mol. The second kappa shape index (κ2) is 11.5. The highest BCUT2D eigenvalue weighted by Crippen LogP contribution is 2.29. The Labute approximate surface area is 200 Å². The third-order valence-corrected chi connectivity index (χ3v) is 5.69. The van der Waals surface area contributed by atoms with Crippen molar-refractivity contribution in [3.05, 3.63) is 58.9 Å². The standard InChI is InChI=1S/C23H25ClN4O.2ClH/c1-29-18-11-12-21-19(14-18)23(26-17-9-7-16(25)8-10-17)28-22(27-21)13-6-15-4-2-3-5-20(15)24;;/h2-6,11-14,16-17H,7-10,25H2,1H3,(H,26,27,28);2*1H/t16-,17+;;. The Balaban J connectivity index is 0.00000171. The predicted octanol–water partition coefficient (Wildman–Crippen LogP) is 5.99. The van der Waals surface area contributed by atoms with Gasteiger partial charge in [0, 0.05) is 22.5 Å². The van der Waals surface area contributed by atoms with Crippen molar-refractivity contribution in [2.75, 3.05) is 12.4 Å². The number of fused-ring (bicyclic) bond motifs is 1. The normalized spacial score (nSPS) is 18.3. The summed E-state index contributed by atoms with van der Waals surface area (Å²) in [4.78, 5) is 9.50. The fraction of sp³-hybridized carbons (Fsp3) is 0.304. The molecule has 1 saturated carbocycles. The summed E-state index contributed by atoms with van der Waals surface area (Å²) < 4.78 is 5.40. The molecule has 0 spiro atoms. The van der Waals surface area contributed by atoms with Gasteiger partial charge >= 0.3 is 0 Å². The van der Waals surface area contributed by atoms with Crippen LogP contribution in [-0.4, -0.2) is 29.2 Å². The van der Waals surface area contributed by atoms with Crippen LogP contribution in [0.25, 0.3) is 23.1 Å². The molecular weight excluding hydrogens is 455 g/mol. The van der Waals surface area contributed by atoms with Crippen LogP contribution in [0.4, 0.5) is 5.82 Å². The fourth-order valence-corrected chi connectivity index (χ4v) is 3.87. The number of hydrogen-bond acceptors (Lipinski definition) is 5. The van der Waals surface area contributed by atoms with Crippen molar-refractivity contribution < 1.29 is 4.74 Å². The highest BCUT2D eigenvalue weighted by molar-refractivity contribution is 6.32. The maximum Gasteiger partial charge on any atom is 0.154 e. The molecule has 1 fully saturated rings. The fourth-order valence-electron chi connectivity index (χ4n) is 3.67. The third-order valence-electron chi connectivity index (χ3n) is 5.35. The monoisotopic (exact) mass is 480 g/mol. The Kier molecular flexibility index (Phi) is 9.38. The number of anilines is 1. The predicted molar refractivity (Wildman–Crippen MR) is 135 cm³/mol. The lowest BCUT2D eigenvalue weighted by Crippen LogP contribution is -2.33. The number of aromatic nitrogens is 2. The number of halogens is 3. The number of methoxy groups -OCH3 is 1. The Morgan fingerprint density at radius 2 is 1.77 bits per heavy atom. The summed E-state index contributed by atoms with van der Waals surface area (Å²) in [6, 6.07) is 14.2. The molecule has 0 radical (unpaired) electrons. The lowest BCUT2D eigenvalue weighted by atomic mass is 9.92. The van der Waals surface area contributed by atoms with Gasteiger partial charge < -0.3 is 15.8 Å². The quantitative estimate of drug-likeness (QED) is 0.468. The van der Waals surface area contributed by atoms with Crippen molar-refractivity contribution in [1.29, 1.82) is 0 Å². The van der Waals surface area contributed by atoms with Gasteiger partial charge in [-0.25, -0.2) is 9.97 Å². The maximum absolute atomic E-state index is 6.26. The molecule has 0 amide bonds. The molecule has 1 aromatic heterocycles. The summed E-state index contributed by atoms with van der Waals surface area (Å²) in [7, 11) is 1.67. The SMILES string of the molecule is COc1ccc2nc(C=Cc3ccccc3Cl)nc(N[C@H]3CC[C@@H](N)CC3)c2c1.Cl.Cl. The molecule has 0 aliphatic heterocycles. The maximum atomic E-state index is 6.26. The minimum absolute atomic E-state index is 0. The lowest BCUT2D eigenvalue weighted by Gasteiger charge is -2.27. The summed E-state index contributed by atoms with van der Waals surface area (Å²) in [5.74, 6) is 2.25. The molecule has 1 heterocycles. The number of ether oxygens (including phenoxy) is 1. The van der Waals surface area contributed by atoms with E-state index < -0.39 is 0 Å². The van der Waals surface area contributed by atoms with Crippen molar-refractivity contribution in [3.63, 3.8) is 0 Å². The first-order valence-corrected chi connectivity index (χ1v) is 10.3. The largest absolute Gasteiger partial charge is 0.497 e. The van der Waals surface area contributed by atoms with E-state index in [1.54, 1.807) is 7.11 Å². The van der Waals surface area contributed by atoms with Crippen molar-refractivity contribution in [2.24, 2.45) is 5.73 Å². The van der Waals surface area contributed by atoms with Crippen LogP contribution in [-0.2, 0) is 0 Å². The van der Waals surface area contributed by atoms with Crippen LogP contribution < -0.4 is 15.8 Å². The first-order valence-electron chi connectivity index (χ1n) is 9.93. The van der Waals surface area contributed by atoms with Gasteiger partial charge in [0.05, 0.1) is 12.6 Å². The molecule has 4 rings (SSSR count). The molecule has 0 saturated heterocycles.